The zero-order chi connectivity index (χ0) is 17.3. The lowest BCUT2D eigenvalue weighted by Gasteiger charge is -2.30. The molecule has 0 unspecified atom stereocenters. The van der Waals surface area contributed by atoms with Gasteiger partial charge in [-0.25, -0.2) is 4.79 Å². The molecule has 0 spiro atoms. The molecule has 1 aliphatic carbocycles. The Balaban J connectivity index is 1.97. The smallest absolute Gasteiger partial charge is 0.335 e. The van der Waals surface area contributed by atoms with Crippen LogP contribution in [0, 0.1) is 0 Å². The Labute approximate surface area is 145 Å². The lowest BCUT2D eigenvalue weighted by atomic mass is 10.0. The van der Waals surface area contributed by atoms with Gasteiger partial charge in [0.05, 0.1) is 18.0 Å². The van der Waals surface area contributed by atoms with E-state index in [4.69, 9.17) is 11.6 Å². The summed E-state index contributed by atoms with van der Waals surface area (Å²) in [5.41, 5.74) is 3.07. The number of carboxylic acids is 1. The van der Waals surface area contributed by atoms with E-state index in [1.165, 1.54) is 0 Å². The Bertz CT molecular complexity index is 779. The zero-order valence-corrected chi connectivity index (χ0v) is 13.9. The number of benzene rings is 1. The SMILES string of the molecule is C=C1/C=C\C=C(\Cl)CC(=O)N([C@@H]2CCc3ccc(C(=O)O)cc32)C1. The first-order valence-corrected chi connectivity index (χ1v) is 8.19. The molecular weight excluding hydrogens is 326 g/mol. The molecule has 1 heterocycles. The number of rotatable bonds is 2. The van der Waals surface area contributed by atoms with Crippen molar-refractivity contribution in [2.24, 2.45) is 0 Å². The maximum atomic E-state index is 12.7. The molecule has 5 heteroatoms. The number of nitrogens with zero attached hydrogens (tertiary/aromatic N) is 1. The van der Waals surface area contributed by atoms with Gasteiger partial charge in [0.2, 0.25) is 5.91 Å². The lowest BCUT2D eigenvalue weighted by molar-refractivity contribution is -0.132. The minimum absolute atomic E-state index is 0.0697. The van der Waals surface area contributed by atoms with Crippen LogP contribution in [0.4, 0.5) is 0 Å². The molecule has 0 saturated carbocycles. The second-order valence-corrected chi connectivity index (χ2v) is 6.59. The summed E-state index contributed by atoms with van der Waals surface area (Å²) >= 11 is 6.10. The molecule has 0 bridgehead atoms. The highest BCUT2D eigenvalue weighted by Gasteiger charge is 2.32. The van der Waals surface area contributed by atoms with Gasteiger partial charge in [-0.2, -0.15) is 0 Å². The standard InChI is InChI=1S/C19H18ClNO3/c1-12-3-2-4-15(20)10-18(22)21(11-12)17-8-7-13-5-6-14(19(23)24)9-16(13)17/h2-6,9,17H,1,7-8,10-11H2,(H,23,24)/b3-2-,15-4+/t17-/m1/s1. The highest BCUT2D eigenvalue weighted by molar-refractivity contribution is 6.31. The number of carboxylic acid groups (broad SMARTS) is 1. The summed E-state index contributed by atoms with van der Waals surface area (Å²) in [6, 6.07) is 5.01. The molecule has 24 heavy (non-hydrogen) atoms. The Hall–Kier alpha value is -2.33. The third-order valence-corrected chi connectivity index (χ3v) is 4.70. The number of aryl methyl sites for hydroxylation is 1. The van der Waals surface area contributed by atoms with Gasteiger partial charge in [0.1, 0.15) is 0 Å². The van der Waals surface area contributed by atoms with Gasteiger partial charge in [-0.3, -0.25) is 4.79 Å². The molecule has 124 valence electrons. The van der Waals surface area contributed by atoms with E-state index >= 15 is 0 Å². The van der Waals surface area contributed by atoms with Crippen LogP contribution in [0.2, 0.25) is 0 Å². The number of fused-ring (bicyclic) bond motifs is 1. The number of amides is 1. The van der Waals surface area contributed by atoms with Crippen molar-refractivity contribution < 1.29 is 14.7 Å². The zero-order valence-electron chi connectivity index (χ0n) is 13.2. The number of aromatic carboxylic acids is 1. The molecule has 0 aromatic heterocycles. The summed E-state index contributed by atoms with van der Waals surface area (Å²) in [5, 5.41) is 9.71. The van der Waals surface area contributed by atoms with E-state index in [-0.39, 0.29) is 23.9 Å². The quantitative estimate of drug-likeness (QED) is 0.887. The molecular formula is C19H18ClNO3. The van der Waals surface area contributed by atoms with Crippen LogP contribution in [0.1, 0.15) is 40.4 Å². The first kappa shape index (κ1) is 16.5. The topological polar surface area (TPSA) is 57.6 Å². The van der Waals surface area contributed by atoms with Crippen molar-refractivity contribution in [3.63, 3.8) is 0 Å². The van der Waals surface area contributed by atoms with E-state index in [1.807, 2.05) is 12.1 Å². The first-order chi connectivity index (χ1) is 11.5. The Morgan fingerprint density at radius 2 is 2.17 bits per heavy atom. The largest absolute Gasteiger partial charge is 0.478 e. The van der Waals surface area contributed by atoms with Crippen molar-refractivity contribution in [3.8, 4) is 0 Å². The summed E-state index contributed by atoms with van der Waals surface area (Å²) in [6.45, 7) is 4.40. The fraction of sp³-hybridized carbons (Fsp3) is 0.263. The first-order valence-electron chi connectivity index (χ1n) is 7.82. The fourth-order valence-corrected chi connectivity index (χ4v) is 3.46. The molecule has 1 aromatic rings. The van der Waals surface area contributed by atoms with Gasteiger partial charge in [0, 0.05) is 11.6 Å². The van der Waals surface area contributed by atoms with Crippen LogP contribution in [-0.4, -0.2) is 28.4 Å². The summed E-state index contributed by atoms with van der Waals surface area (Å²) in [6.07, 6.45) is 7.10. The molecule has 2 aliphatic rings. The van der Waals surface area contributed by atoms with E-state index in [0.29, 0.717) is 11.6 Å². The third kappa shape index (κ3) is 3.29. The van der Waals surface area contributed by atoms with E-state index in [1.54, 1.807) is 29.2 Å². The summed E-state index contributed by atoms with van der Waals surface area (Å²) in [7, 11) is 0. The Kier molecular flexibility index (Phi) is 4.58. The molecule has 1 aliphatic heterocycles. The lowest BCUT2D eigenvalue weighted by Crippen LogP contribution is -2.35. The molecule has 0 radical (unpaired) electrons. The van der Waals surface area contributed by atoms with Gasteiger partial charge in [-0.1, -0.05) is 36.4 Å². The van der Waals surface area contributed by atoms with Crippen molar-refractivity contribution in [2.45, 2.75) is 25.3 Å². The maximum Gasteiger partial charge on any atom is 0.335 e. The van der Waals surface area contributed by atoms with Gasteiger partial charge in [-0.15, -0.1) is 0 Å². The van der Waals surface area contributed by atoms with Crippen molar-refractivity contribution in [1.82, 2.24) is 4.90 Å². The minimum Gasteiger partial charge on any atom is -0.478 e. The second-order valence-electron chi connectivity index (χ2n) is 6.10. The van der Waals surface area contributed by atoms with E-state index in [2.05, 4.69) is 6.58 Å². The van der Waals surface area contributed by atoms with Crippen LogP contribution in [-0.2, 0) is 11.2 Å². The molecule has 1 N–H and O–H groups in total. The number of halogens is 1. The van der Waals surface area contributed by atoms with Crippen LogP contribution in [0.15, 0.2) is 53.6 Å². The number of carbonyl (C=O) groups is 2. The summed E-state index contributed by atoms with van der Waals surface area (Å²) in [5.74, 6) is -1.03. The molecule has 4 nitrogen and oxygen atoms in total. The third-order valence-electron chi connectivity index (χ3n) is 4.44. The monoisotopic (exact) mass is 343 g/mol. The Morgan fingerprint density at radius 3 is 2.92 bits per heavy atom. The van der Waals surface area contributed by atoms with Crippen molar-refractivity contribution in [1.29, 1.82) is 0 Å². The predicted molar refractivity (Wildman–Crippen MR) is 93.0 cm³/mol. The molecule has 1 atom stereocenters. The number of hydrogen-bond donors (Lipinski definition) is 1. The second kappa shape index (κ2) is 6.65. The van der Waals surface area contributed by atoms with Crippen LogP contribution >= 0.6 is 11.6 Å². The number of hydrogen-bond acceptors (Lipinski definition) is 2. The van der Waals surface area contributed by atoms with Gasteiger partial charge < -0.3 is 10.0 Å². The number of carbonyl (C=O) groups excluding carboxylic acids is 1. The predicted octanol–water partition coefficient (Wildman–Crippen LogP) is 3.84. The Morgan fingerprint density at radius 1 is 1.38 bits per heavy atom. The van der Waals surface area contributed by atoms with Gasteiger partial charge in [-0.05, 0) is 47.8 Å². The number of allylic oxidation sites excluding steroid dienone is 2. The van der Waals surface area contributed by atoms with Gasteiger partial charge in [0.15, 0.2) is 0 Å². The molecule has 1 amide bonds. The fourth-order valence-electron chi connectivity index (χ4n) is 3.27. The van der Waals surface area contributed by atoms with Gasteiger partial charge >= 0.3 is 5.97 Å². The van der Waals surface area contributed by atoms with E-state index < -0.39 is 5.97 Å². The molecule has 0 fully saturated rings. The van der Waals surface area contributed by atoms with Crippen molar-refractivity contribution in [3.05, 3.63) is 70.3 Å². The summed E-state index contributed by atoms with van der Waals surface area (Å²) < 4.78 is 0. The highest BCUT2D eigenvalue weighted by Crippen LogP contribution is 2.37. The van der Waals surface area contributed by atoms with Crippen LogP contribution in [0.25, 0.3) is 0 Å². The van der Waals surface area contributed by atoms with E-state index in [9.17, 15) is 14.7 Å². The average molecular weight is 344 g/mol. The molecule has 0 saturated heterocycles. The van der Waals surface area contributed by atoms with Crippen LogP contribution < -0.4 is 0 Å². The maximum absolute atomic E-state index is 12.7. The van der Waals surface area contributed by atoms with Crippen molar-refractivity contribution in [2.75, 3.05) is 6.54 Å². The normalized spacial score (nSPS) is 24.5. The van der Waals surface area contributed by atoms with E-state index in [0.717, 1.165) is 29.5 Å². The van der Waals surface area contributed by atoms with Crippen LogP contribution in [0.5, 0.6) is 0 Å². The summed E-state index contributed by atoms with van der Waals surface area (Å²) in [4.78, 5) is 25.7. The molecule has 1 aromatic carbocycles. The molecule has 3 rings (SSSR count). The van der Waals surface area contributed by atoms with Gasteiger partial charge in [0.25, 0.3) is 0 Å². The van der Waals surface area contributed by atoms with Crippen LogP contribution in [0.3, 0.4) is 0 Å². The average Bonchev–Trinajstić information content (AvgIpc) is 2.96. The van der Waals surface area contributed by atoms with Crippen molar-refractivity contribution >= 4 is 23.5 Å². The minimum atomic E-state index is -0.961. The highest BCUT2D eigenvalue weighted by atomic mass is 35.5.